The first kappa shape index (κ1) is 15.9. The molecule has 0 bridgehead atoms. The second-order valence-corrected chi connectivity index (χ2v) is 6.65. The van der Waals surface area contributed by atoms with E-state index in [-0.39, 0.29) is 4.90 Å². The highest BCUT2D eigenvalue weighted by atomic mass is 32.2. The monoisotopic (exact) mass is 285 g/mol. The Labute approximate surface area is 115 Å². The maximum absolute atomic E-state index is 12.0. The first-order chi connectivity index (χ1) is 8.95. The Kier molecular flexibility index (Phi) is 6.24. The zero-order valence-corrected chi connectivity index (χ0v) is 12.6. The van der Waals surface area contributed by atoms with Crippen molar-refractivity contribution < 1.29 is 8.42 Å². The number of anilines is 1. The Bertz CT molecular complexity index is 469. The molecule has 0 fully saturated rings. The van der Waals surface area contributed by atoms with Crippen LogP contribution in [0.3, 0.4) is 0 Å². The van der Waals surface area contributed by atoms with E-state index in [0.717, 1.165) is 19.4 Å². The summed E-state index contributed by atoms with van der Waals surface area (Å²) in [4.78, 5) is 4.30. The topological polar surface area (TPSA) is 71.1 Å². The van der Waals surface area contributed by atoms with Gasteiger partial charge in [-0.05, 0) is 30.9 Å². The van der Waals surface area contributed by atoms with Crippen molar-refractivity contribution in [3.63, 3.8) is 0 Å². The van der Waals surface area contributed by atoms with E-state index in [1.807, 2.05) is 0 Å². The number of rotatable bonds is 8. The van der Waals surface area contributed by atoms with Crippen molar-refractivity contribution in [2.45, 2.75) is 38.5 Å². The van der Waals surface area contributed by atoms with Crippen molar-refractivity contribution in [2.24, 2.45) is 5.92 Å². The van der Waals surface area contributed by atoms with Gasteiger partial charge < -0.3 is 5.32 Å². The molecule has 2 N–H and O–H groups in total. The van der Waals surface area contributed by atoms with E-state index < -0.39 is 10.0 Å². The Morgan fingerprint density at radius 1 is 1.26 bits per heavy atom. The maximum atomic E-state index is 12.0. The molecule has 1 aromatic heterocycles. The summed E-state index contributed by atoms with van der Waals surface area (Å²) < 4.78 is 26.5. The molecule has 6 heteroatoms. The van der Waals surface area contributed by atoms with E-state index in [0.29, 0.717) is 18.3 Å². The van der Waals surface area contributed by atoms with Crippen LogP contribution in [0.25, 0.3) is 0 Å². The number of nitrogens with one attached hydrogen (secondary N) is 2. The molecule has 0 amide bonds. The van der Waals surface area contributed by atoms with Crippen LogP contribution in [0.15, 0.2) is 23.2 Å². The average molecular weight is 285 g/mol. The molecule has 0 aliphatic heterocycles. The molecule has 19 heavy (non-hydrogen) atoms. The van der Waals surface area contributed by atoms with Crippen LogP contribution in [0.2, 0.25) is 0 Å². The lowest BCUT2D eigenvalue weighted by molar-refractivity contribution is 0.551. The van der Waals surface area contributed by atoms with Gasteiger partial charge in [0.15, 0.2) is 0 Å². The lowest BCUT2D eigenvalue weighted by atomic mass is 10.1. The molecule has 0 aliphatic rings. The number of pyridine rings is 1. The molecule has 0 spiro atoms. The summed E-state index contributed by atoms with van der Waals surface area (Å²) in [7, 11) is -3.43. The van der Waals surface area contributed by atoms with Crippen LogP contribution in [-0.2, 0) is 10.0 Å². The van der Waals surface area contributed by atoms with E-state index in [9.17, 15) is 8.42 Å². The molecule has 1 heterocycles. The van der Waals surface area contributed by atoms with Crippen molar-refractivity contribution in [1.82, 2.24) is 9.71 Å². The highest BCUT2D eigenvalue weighted by molar-refractivity contribution is 7.89. The quantitative estimate of drug-likeness (QED) is 0.768. The Morgan fingerprint density at radius 3 is 2.53 bits per heavy atom. The molecule has 0 saturated heterocycles. The average Bonchev–Trinajstić information content (AvgIpc) is 2.36. The first-order valence-corrected chi connectivity index (χ1v) is 8.13. The van der Waals surface area contributed by atoms with Crippen molar-refractivity contribution >= 4 is 15.8 Å². The lowest BCUT2D eigenvalue weighted by Gasteiger charge is -2.09. The minimum atomic E-state index is -3.43. The lowest BCUT2D eigenvalue weighted by Crippen LogP contribution is -2.25. The SMILES string of the molecule is CCCNc1ccc(S(=O)(=O)NCCC(C)C)cn1. The molecule has 108 valence electrons. The van der Waals surface area contributed by atoms with E-state index >= 15 is 0 Å². The van der Waals surface area contributed by atoms with Crippen LogP contribution < -0.4 is 10.0 Å². The molecule has 1 rings (SSSR count). The minimum absolute atomic E-state index is 0.207. The molecule has 0 atom stereocenters. The van der Waals surface area contributed by atoms with Gasteiger partial charge in [-0.2, -0.15) is 0 Å². The van der Waals surface area contributed by atoms with E-state index in [4.69, 9.17) is 0 Å². The summed E-state index contributed by atoms with van der Waals surface area (Å²) in [6.45, 7) is 7.46. The molecular formula is C13H23N3O2S. The van der Waals surface area contributed by atoms with Gasteiger partial charge in [-0.25, -0.2) is 18.1 Å². The van der Waals surface area contributed by atoms with Crippen LogP contribution in [0.4, 0.5) is 5.82 Å². The number of nitrogens with zero attached hydrogens (tertiary/aromatic N) is 1. The van der Waals surface area contributed by atoms with Crippen molar-refractivity contribution in [2.75, 3.05) is 18.4 Å². The van der Waals surface area contributed by atoms with Crippen LogP contribution in [0, 0.1) is 5.92 Å². The molecule has 0 aliphatic carbocycles. The van der Waals surface area contributed by atoms with Gasteiger partial charge in [-0.1, -0.05) is 20.8 Å². The molecule has 0 saturated carbocycles. The highest BCUT2D eigenvalue weighted by Gasteiger charge is 2.13. The van der Waals surface area contributed by atoms with Crippen LogP contribution >= 0.6 is 0 Å². The smallest absolute Gasteiger partial charge is 0.242 e. The van der Waals surface area contributed by atoms with Gasteiger partial charge in [-0.3, -0.25) is 0 Å². The standard InChI is InChI=1S/C13H23N3O2S/c1-4-8-14-13-6-5-12(10-15-13)19(17,18)16-9-7-11(2)3/h5-6,10-11,16H,4,7-9H2,1-3H3,(H,14,15). The van der Waals surface area contributed by atoms with Gasteiger partial charge in [0.1, 0.15) is 10.7 Å². The van der Waals surface area contributed by atoms with Gasteiger partial charge in [0, 0.05) is 19.3 Å². The molecular weight excluding hydrogens is 262 g/mol. The number of hydrogen-bond acceptors (Lipinski definition) is 4. The van der Waals surface area contributed by atoms with Crippen molar-refractivity contribution in [3.05, 3.63) is 18.3 Å². The summed E-state index contributed by atoms with van der Waals surface area (Å²) in [6, 6.07) is 3.26. The van der Waals surface area contributed by atoms with Crippen LogP contribution in [0.1, 0.15) is 33.6 Å². The fraction of sp³-hybridized carbons (Fsp3) is 0.615. The highest BCUT2D eigenvalue weighted by Crippen LogP contribution is 2.11. The predicted octanol–water partition coefficient (Wildman–Crippen LogP) is 2.23. The third kappa shape index (κ3) is 5.57. The summed E-state index contributed by atoms with van der Waals surface area (Å²) in [5, 5.41) is 3.10. The maximum Gasteiger partial charge on any atom is 0.242 e. The molecule has 1 aromatic rings. The largest absolute Gasteiger partial charge is 0.370 e. The Morgan fingerprint density at radius 2 is 2.00 bits per heavy atom. The Hall–Kier alpha value is -1.14. The molecule has 5 nitrogen and oxygen atoms in total. The summed E-state index contributed by atoms with van der Waals surface area (Å²) in [5.74, 6) is 1.17. The number of aromatic nitrogens is 1. The van der Waals surface area contributed by atoms with Crippen molar-refractivity contribution in [1.29, 1.82) is 0 Å². The fourth-order valence-electron chi connectivity index (χ4n) is 1.46. The molecule has 0 aromatic carbocycles. The normalized spacial score (nSPS) is 11.8. The fourth-order valence-corrected chi connectivity index (χ4v) is 2.45. The zero-order valence-electron chi connectivity index (χ0n) is 11.8. The number of sulfonamides is 1. The van der Waals surface area contributed by atoms with Crippen LogP contribution in [0.5, 0.6) is 0 Å². The third-order valence-electron chi connectivity index (χ3n) is 2.62. The van der Waals surface area contributed by atoms with Gasteiger partial charge in [-0.15, -0.1) is 0 Å². The van der Waals surface area contributed by atoms with E-state index in [1.54, 1.807) is 12.1 Å². The van der Waals surface area contributed by atoms with E-state index in [1.165, 1.54) is 6.20 Å². The predicted molar refractivity (Wildman–Crippen MR) is 77.7 cm³/mol. The number of hydrogen-bond donors (Lipinski definition) is 2. The second-order valence-electron chi connectivity index (χ2n) is 4.89. The minimum Gasteiger partial charge on any atom is -0.370 e. The molecule has 0 unspecified atom stereocenters. The van der Waals surface area contributed by atoms with Gasteiger partial charge in [0.25, 0.3) is 0 Å². The van der Waals surface area contributed by atoms with Crippen LogP contribution in [-0.4, -0.2) is 26.5 Å². The summed E-state index contributed by atoms with van der Waals surface area (Å²) in [6.07, 6.45) is 3.21. The first-order valence-electron chi connectivity index (χ1n) is 6.65. The zero-order chi connectivity index (χ0) is 14.3. The van der Waals surface area contributed by atoms with Crippen molar-refractivity contribution in [3.8, 4) is 0 Å². The van der Waals surface area contributed by atoms with Gasteiger partial charge in [0.2, 0.25) is 10.0 Å². The van der Waals surface area contributed by atoms with Gasteiger partial charge >= 0.3 is 0 Å². The summed E-state index contributed by atoms with van der Waals surface area (Å²) in [5.41, 5.74) is 0. The summed E-state index contributed by atoms with van der Waals surface area (Å²) >= 11 is 0. The van der Waals surface area contributed by atoms with Gasteiger partial charge in [0.05, 0.1) is 0 Å². The second kappa shape index (κ2) is 7.45. The third-order valence-corrected chi connectivity index (χ3v) is 4.06. The van der Waals surface area contributed by atoms with E-state index in [2.05, 4.69) is 35.8 Å². The molecule has 0 radical (unpaired) electrons. The Balaban J connectivity index is 2.63.